The average Bonchev–Trinajstić information content (AvgIpc) is 2.14. The maximum atomic E-state index is 11.2. The number of carbonyl (C=O) groups excluding carboxylic acids is 1. The second kappa shape index (κ2) is 7.80. The van der Waals surface area contributed by atoms with Crippen LogP contribution in [0, 0.1) is 5.92 Å². The number of hydrogen-bond donors (Lipinski definition) is 0. The van der Waals surface area contributed by atoms with E-state index in [-0.39, 0.29) is 5.97 Å². The monoisotopic (exact) mass is 201 g/mol. The SMILES string of the molecule is CCN(C)CCOC(=O)CCC(C)C. The quantitative estimate of drug-likeness (QED) is 0.589. The van der Waals surface area contributed by atoms with Gasteiger partial charge in [0, 0.05) is 13.0 Å². The van der Waals surface area contributed by atoms with Crippen molar-refractivity contribution in [3.63, 3.8) is 0 Å². The van der Waals surface area contributed by atoms with Crippen LogP contribution in [0.15, 0.2) is 0 Å². The maximum Gasteiger partial charge on any atom is 0.305 e. The summed E-state index contributed by atoms with van der Waals surface area (Å²) >= 11 is 0. The van der Waals surface area contributed by atoms with Crippen LogP contribution in [0.5, 0.6) is 0 Å². The van der Waals surface area contributed by atoms with Crippen LogP contribution >= 0.6 is 0 Å². The van der Waals surface area contributed by atoms with Crippen molar-refractivity contribution in [2.75, 3.05) is 26.7 Å². The summed E-state index contributed by atoms with van der Waals surface area (Å²) in [5.41, 5.74) is 0. The predicted octanol–water partition coefficient (Wildman–Crippen LogP) is 1.92. The molecule has 0 aromatic heterocycles. The average molecular weight is 201 g/mol. The third kappa shape index (κ3) is 8.05. The van der Waals surface area contributed by atoms with E-state index >= 15 is 0 Å². The summed E-state index contributed by atoms with van der Waals surface area (Å²) in [4.78, 5) is 13.3. The third-order valence-electron chi connectivity index (χ3n) is 2.20. The van der Waals surface area contributed by atoms with Crippen LogP contribution in [0.4, 0.5) is 0 Å². The van der Waals surface area contributed by atoms with Gasteiger partial charge in [-0.1, -0.05) is 20.8 Å². The molecule has 0 aliphatic carbocycles. The van der Waals surface area contributed by atoms with Crippen molar-refractivity contribution in [3.05, 3.63) is 0 Å². The van der Waals surface area contributed by atoms with Crippen molar-refractivity contribution in [1.82, 2.24) is 4.90 Å². The molecule has 0 heterocycles. The number of likely N-dealkylation sites (N-methyl/N-ethyl adjacent to an activating group) is 1. The van der Waals surface area contributed by atoms with E-state index in [4.69, 9.17) is 4.74 Å². The van der Waals surface area contributed by atoms with E-state index in [0.29, 0.717) is 18.9 Å². The molecule has 0 N–H and O–H groups in total. The molecule has 0 saturated carbocycles. The minimum absolute atomic E-state index is 0.0665. The van der Waals surface area contributed by atoms with Crippen molar-refractivity contribution in [2.45, 2.75) is 33.6 Å². The molecular weight excluding hydrogens is 178 g/mol. The number of nitrogens with zero attached hydrogens (tertiary/aromatic N) is 1. The molecule has 14 heavy (non-hydrogen) atoms. The molecule has 0 aromatic carbocycles. The van der Waals surface area contributed by atoms with Gasteiger partial charge in [0.05, 0.1) is 0 Å². The van der Waals surface area contributed by atoms with E-state index in [9.17, 15) is 4.79 Å². The van der Waals surface area contributed by atoms with Crippen LogP contribution in [0.3, 0.4) is 0 Å². The molecule has 3 nitrogen and oxygen atoms in total. The van der Waals surface area contributed by atoms with Crippen molar-refractivity contribution in [3.8, 4) is 0 Å². The lowest BCUT2D eigenvalue weighted by atomic mass is 10.1. The number of hydrogen-bond acceptors (Lipinski definition) is 3. The highest BCUT2D eigenvalue weighted by Crippen LogP contribution is 2.04. The summed E-state index contributed by atoms with van der Waals surface area (Å²) in [6, 6.07) is 0. The lowest BCUT2D eigenvalue weighted by Gasteiger charge is -2.13. The Morgan fingerprint density at radius 2 is 2.07 bits per heavy atom. The van der Waals surface area contributed by atoms with Gasteiger partial charge in [-0.2, -0.15) is 0 Å². The highest BCUT2D eigenvalue weighted by Gasteiger charge is 2.04. The molecule has 0 aliphatic heterocycles. The standard InChI is InChI=1S/C11H23NO2/c1-5-12(4)8-9-14-11(13)7-6-10(2)3/h10H,5-9H2,1-4H3. The van der Waals surface area contributed by atoms with E-state index in [0.717, 1.165) is 19.5 Å². The highest BCUT2D eigenvalue weighted by atomic mass is 16.5. The lowest BCUT2D eigenvalue weighted by molar-refractivity contribution is -0.144. The normalized spacial score (nSPS) is 11.0. The molecule has 0 spiro atoms. The molecule has 3 heteroatoms. The molecule has 0 rings (SSSR count). The summed E-state index contributed by atoms with van der Waals surface area (Å²) in [6.07, 6.45) is 1.47. The van der Waals surface area contributed by atoms with Gasteiger partial charge < -0.3 is 9.64 Å². The van der Waals surface area contributed by atoms with E-state index in [1.54, 1.807) is 0 Å². The molecular formula is C11H23NO2. The van der Waals surface area contributed by atoms with E-state index in [1.165, 1.54) is 0 Å². The largest absolute Gasteiger partial charge is 0.464 e. The van der Waals surface area contributed by atoms with Gasteiger partial charge in [-0.15, -0.1) is 0 Å². The van der Waals surface area contributed by atoms with E-state index in [1.807, 2.05) is 7.05 Å². The first-order valence-electron chi connectivity index (χ1n) is 5.40. The van der Waals surface area contributed by atoms with Crippen molar-refractivity contribution >= 4 is 5.97 Å². The summed E-state index contributed by atoms with van der Waals surface area (Å²) in [6.45, 7) is 8.63. The van der Waals surface area contributed by atoms with Gasteiger partial charge in [-0.25, -0.2) is 0 Å². The van der Waals surface area contributed by atoms with Gasteiger partial charge in [0.1, 0.15) is 6.61 Å². The van der Waals surface area contributed by atoms with Crippen molar-refractivity contribution < 1.29 is 9.53 Å². The molecule has 0 saturated heterocycles. The maximum absolute atomic E-state index is 11.2. The molecule has 0 aliphatic rings. The molecule has 0 bridgehead atoms. The number of rotatable bonds is 7. The van der Waals surface area contributed by atoms with Crippen molar-refractivity contribution in [2.24, 2.45) is 5.92 Å². The Bertz CT molecular complexity index is 157. The fraction of sp³-hybridized carbons (Fsp3) is 0.909. The van der Waals surface area contributed by atoms with Gasteiger partial charge in [-0.05, 0) is 25.9 Å². The first kappa shape index (κ1) is 13.4. The molecule has 0 aromatic rings. The Balaban J connectivity index is 3.35. The van der Waals surface area contributed by atoms with E-state index < -0.39 is 0 Å². The molecule has 0 atom stereocenters. The first-order valence-corrected chi connectivity index (χ1v) is 5.40. The Labute approximate surface area is 87.4 Å². The fourth-order valence-electron chi connectivity index (χ4n) is 0.952. The molecule has 0 unspecified atom stereocenters. The number of carbonyl (C=O) groups is 1. The molecule has 0 fully saturated rings. The summed E-state index contributed by atoms with van der Waals surface area (Å²) in [5, 5.41) is 0. The van der Waals surface area contributed by atoms with Crippen LogP contribution in [0.1, 0.15) is 33.6 Å². The minimum atomic E-state index is -0.0665. The lowest BCUT2D eigenvalue weighted by Crippen LogP contribution is -2.24. The summed E-state index contributed by atoms with van der Waals surface area (Å²) in [5.74, 6) is 0.504. The summed E-state index contributed by atoms with van der Waals surface area (Å²) < 4.78 is 5.08. The zero-order valence-corrected chi connectivity index (χ0v) is 9.88. The Kier molecular flexibility index (Phi) is 7.48. The molecule has 0 radical (unpaired) electrons. The van der Waals surface area contributed by atoms with Crippen LogP contribution in [-0.4, -0.2) is 37.6 Å². The number of esters is 1. The Morgan fingerprint density at radius 3 is 2.57 bits per heavy atom. The summed E-state index contributed by atoms with van der Waals surface area (Å²) in [7, 11) is 2.02. The molecule has 0 amide bonds. The number of ether oxygens (including phenoxy) is 1. The smallest absolute Gasteiger partial charge is 0.305 e. The second-order valence-corrected chi connectivity index (χ2v) is 4.05. The highest BCUT2D eigenvalue weighted by molar-refractivity contribution is 5.69. The van der Waals surface area contributed by atoms with Gasteiger partial charge in [-0.3, -0.25) is 4.79 Å². The van der Waals surface area contributed by atoms with Crippen LogP contribution in [0.25, 0.3) is 0 Å². The third-order valence-corrected chi connectivity index (χ3v) is 2.20. The zero-order chi connectivity index (χ0) is 11.0. The predicted molar refractivity (Wildman–Crippen MR) is 58.2 cm³/mol. The van der Waals surface area contributed by atoms with Crippen LogP contribution in [-0.2, 0) is 9.53 Å². The van der Waals surface area contributed by atoms with Crippen molar-refractivity contribution in [1.29, 1.82) is 0 Å². The fourth-order valence-corrected chi connectivity index (χ4v) is 0.952. The zero-order valence-electron chi connectivity index (χ0n) is 9.88. The van der Waals surface area contributed by atoms with Gasteiger partial charge in [0.25, 0.3) is 0 Å². The van der Waals surface area contributed by atoms with Gasteiger partial charge in [0.2, 0.25) is 0 Å². The molecule has 84 valence electrons. The van der Waals surface area contributed by atoms with Gasteiger partial charge >= 0.3 is 5.97 Å². The topological polar surface area (TPSA) is 29.5 Å². The van der Waals surface area contributed by atoms with Crippen LogP contribution < -0.4 is 0 Å². The van der Waals surface area contributed by atoms with E-state index in [2.05, 4.69) is 25.7 Å². The Hall–Kier alpha value is -0.570. The second-order valence-electron chi connectivity index (χ2n) is 4.05. The Morgan fingerprint density at radius 1 is 1.43 bits per heavy atom. The van der Waals surface area contributed by atoms with Crippen LogP contribution in [0.2, 0.25) is 0 Å². The first-order chi connectivity index (χ1) is 6.56. The van der Waals surface area contributed by atoms with Gasteiger partial charge in [0.15, 0.2) is 0 Å². The minimum Gasteiger partial charge on any atom is -0.464 e.